The Balaban J connectivity index is 2.30. The van der Waals surface area contributed by atoms with Gasteiger partial charge >= 0.3 is 0 Å². The van der Waals surface area contributed by atoms with Crippen molar-refractivity contribution in [1.29, 1.82) is 0 Å². The highest BCUT2D eigenvalue weighted by Crippen LogP contribution is 2.31. The van der Waals surface area contributed by atoms with E-state index < -0.39 is 0 Å². The monoisotopic (exact) mass is 243 g/mol. The molecular formula is C15H17NO2. The molecule has 0 unspecified atom stereocenters. The predicted molar refractivity (Wildman–Crippen MR) is 72.9 cm³/mol. The van der Waals surface area contributed by atoms with Crippen LogP contribution in [0.5, 0.6) is 11.5 Å². The van der Waals surface area contributed by atoms with Crippen molar-refractivity contribution in [1.82, 2.24) is 0 Å². The van der Waals surface area contributed by atoms with E-state index in [1.165, 1.54) is 5.56 Å². The second kappa shape index (κ2) is 5.56. The lowest BCUT2D eigenvalue weighted by molar-refractivity contribution is 0.373. The summed E-state index contributed by atoms with van der Waals surface area (Å²) in [4.78, 5) is 0. The van der Waals surface area contributed by atoms with Crippen LogP contribution in [0.3, 0.4) is 0 Å². The smallest absolute Gasteiger partial charge is 0.161 e. The van der Waals surface area contributed by atoms with Gasteiger partial charge in [0, 0.05) is 0 Å². The Kier molecular flexibility index (Phi) is 3.85. The second-order valence-electron chi connectivity index (χ2n) is 4.12. The van der Waals surface area contributed by atoms with E-state index in [1.54, 1.807) is 13.2 Å². The molecule has 0 heterocycles. The van der Waals surface area contributed by atoms with Gasteiger partial charge in [0.15, 0.2) is 11.5 Å². The minimum atomic E-state index is 0.154. The number of phenolic OH excluding ortho intramolecular Hbond substituents is 1. The molecule has 0 atom stereocenters. The number of aromatic hydroxyl groups is 1. The van der Waals surface area contributed by atoms with Crippen molar-refractivity contribution in [3.05, 3.63) is 48.0 Å². The van der Waals surface area contributed by atoms with E-state index in [4.69, 9.17) is 10.5 Å². The van der Waals surface area contributed by atoms with Crippen LogP contribution in [0.2, 0.25) is 0 Å². The Labute approximate surface area is 107 Å². The van der Waals surface area contributed by atoms with E-state index >= 15 is 0 Å². The summed E-state index contributed by atoms with van der Waals surface area (Å²) in [6.45, 7) is 0.659. The van der Waals surface area contributed by atoms with Gasteiger partial charge in [0.05, 0.1) is 7.11 Å². The average Bonchev–Trinajstić information content (AvgIpc) is 2.41. The number of phenols is 1. The van der Waals surface area contributed by atoms with Gasteiger partial charge in [0.1, 0.15) is 0 Å². The van der Waals surface area contributed by atoms with Gasteiger partial charge in [0.25, 0.3) is 0 Å². The van der Waals surface area contributed by atoms with Crippen molar-refractivity contribution in [3.63, 3.8) is 0 Å². The van der Waals surface area contributed by atoms with Gasteiger partial charge in [-0.05, 0) is 41.8 Å². The minimum Gasteiger partial charge on any atom is -0.504 e. The third-order valence-electron chi connectivity index (χ3n) is 2.90. The molecule has 0 radical (unpaired) electrons. The molecule has 0 amide bonds. The number of ether oxygens (including phenoxy) is 1. The van der Waals surface area contributed by atoms with Gasteiger partial charge in [-0.2, -0.15) is 0 Å². The van der Waals surface area contributed by atoms with Crippen molar-refractivity contribution in [3.8, 4) is 22.6 Å². The molecule has 0 aliphatic rings. The van der Waals surface area contributed by atoms with E-state index in [-0.39, 0.29) is 5.75 Å². The topological polar surface area (TPSA) is 55.5 Å². The molecule has 3 N–H and O–H groups in total. The maximum atomic E-state index is 9.56. The quantitative estimate of drug-likeness (QED) is 0.867. The molecule has 94 valence electrons. The van der Waals surface area contributed by atoms with Crippen molar-refractivity contribution in [2.45, 2.75) is 6.42 Å². The molecule has 0 aromatic heterocycles. The number of rotatable bonds is 4. The summed E-state index contributed by atoms with van der Waals surface area (Å²) in [6.07, 6.45) is 0.888. The van der Waals surface area contributed by atoms with Crippen molar-refractivity contribution in [2.24, 2.45) is 5.73 Å². The number of hydrogen-bond acceptors (Lipinski definition) is 3. The Bertz CT molecular complexity index is 521. The van der Waals surface area contributed by atoms with Gasteiger partial charge in [-0.15, -0.1) is 0 Å². The van der Waals surface area contributed by atoms with Gasteiger partial charge in [0.2, 0.25) is 0 Å². The summed E-state index contributed by atoms with van der Waals surface area (Å²) in [5.74, 6) is 0.638. The number of hydrogen-bond donors (Lipinski definition) is 2. The second-order valence-corrected chi connectivity index (χ2v) is 4.12. The zero-order valence-electron chi connectivity index (χ0n) is 10.4. The van der Waals surface area contributed by atoms with Crippen LogP contribution in [0.15, 0.2) is 42.5 Å². The lowest BCUT2D eigenvalue weighted by Gasteiger charge is -2.07. The largest absolute Gasteiger partial charge is 0.504 e. The molecule has 2 aromatic carbocycles. The maximum absolute atomic E-state index is 9.56. The Morgan fingerprint density at radius 1 is 1.06 bits per heavy atom. The number of nitrogens with two attached hydrogens (primary N) is 1. The zero-order chi connectivity index (χ0) is 13.0. The fraction of sp³-hybridized carbons (Fsp3) is 0.200. The van der Waals surface area contributed by atoms with E-state index in [1.807, 2.05) is 12.1 Å². The Morgan fingerprint density at radius 3 is 2.33 bits per heavy atom. The predicted octanol–water partition coefficient (Wildman–Crippen LogP) is 2.57. The molecule has 0 bridgehead atoms. The van der Waals surface area contributed by atoms with E-state index in [0.29, 0.717) is 12.3 Å². The molecule has 2 aromatic rings. The minimum absolute atomic E-state index is 0.154. The summed E-state index contributed by atoms with van der Waals surface area (Å²) in [6, 6.07) is 13.6. The molecule has 3 nitrogen and oxygen atoms in total. The highest BCUT2D eigenvalue weighted by Gasteiger charge is 2.04. The highest BCUT2D eigenvalue weighted by molar-refractivity contribution is 5.67. The number of benzene rings is 2. The molecule has 0 spiro atoms. The highest BCUT2D eigenvalue weighted by atomic mass is 16.5. The third kappa shape index (κ3) is 2.63. The van der Waals surface area contributed by atoms with E-state index in [0.717, 1.165) is 17.5 Å². The summed E-state index contributed by atoms with van der Waals surface area (Å²) < 4.78 is 5.10. The fourth-order valence-corrected chi connectivity index (χ4v) is 1.89. The Hall–Kier alpha value is -2.00. The molecule has 0 saturated carbocycles. The molecule has 2 rings (SSSR count). The first-order valence-corrected chi connectivity index (χ1v) is 5.91. The van der Waals surface area contributed by atoms with Crippen molar-refractivity contribution >= 4 is 0 Å². The van der Waals surface area contributed by atoms with Crippen LogP contribution in [-0.2, 0) is 6.42 Å². The van der Waals surface area contributed by atoms with Crippen molar-refractivity contribution in [2.75, 3.05) is 13.7 Å². The van der Waals surface area contributed by atoms with Crippen LogP contribution in [0.4, 0.5) is 0 Å². The zero-order valence-corrected chi connectivity index (χ0v) is 10.4. The lowest BCUT2D eigenvalue weighted by Crippen LogP contribution is -2.02. The van der Waals surface area contributed by atoms with Crippen LogP contribution < -0.4 is 10.5 Å². The first-order chi connectivity index (χ1) is 8.74. The van der Waals surface area contributed by atoms with Gasteiger partial charge in [-0.1, -0.05) is 30.3 Å². The molecule has 3 heteroatoms. The molecule has 0 aliphatic carbocycles. The SMILES string of the molecule is COc1cc(-c2ccc(CCN)cc2)ccc1O. The van der Waals surface area contributed by atoms with Crippen LogP contribution in [0, 0.1) is 0 Å². The standard InChI is InChI=1S/C15H17NO2/c1-18-15-10-13(6-7-14(15)17)12-4-2-11(3-5-12)8-9-16/h2-7,10,17H,8-9,16H2,1H3. The summed E-state index contributed by atoms with van der Waals surface area (Å²) in [5.41, 5.74) is 8.86. The van der Waals surface area contributed by atoms with Crippen LogP contribution in [0.1, 0.15) is 5.56 Å². The summed E-state index contributed by atoms with van der Waals surface area (Å²) in [7, 11) is 1.54. The number of methoxy groups -OCH3 is 1. The first kappa shape index (κ1) is 12.5. The first-order valence-electron chi connectivity index (χ1n) is 5.91. The van der Waals surface area contributed by atoms with Crippen LogP contribution >= 0.6 is 0 Å². The maximum Gasteiger partial charge on any atom is 0.161 e. The summed E-state index contributed by atoms with van der Waals surface area (Å²) in [5, 5.41) is 9.56. The van der Waals surface area contributed by atoms with E-state index in [9.17, 15) is 5.11 Å². The summed E-state index contributed by atoms with van der Waals surface area (Å²) >= 11 is 0. The third-order valence-corrected chi connectivity index (χ3v) is 2.90. The van der Waals surface area contributed by atoms with Crippen molar-refractivity contribution < 1.29 is 9.84 Å². The molecule has 0 fully saturated rings. The van der Waals surface area contributed by atoms with E-state index in [2.05, 4.69) is 24.3 Å². The van der Waals surface area contributed by atoms with Gasteiger partial charge in [-0.25, -0.2) is 0 Å². The van der Waals surface area contributed by atoms with Crippen LogP contribution in [-0.4, -0.2) is 18.8 Å². The molecule has 0 saturated heterocycles. The van der Waals surface area contributed by atoms with Gasteiger partial charge < -0.3 is 15.6 Å². The molecule has 18 heavy (non-hydrogen) atoms. The Morgan fingerprint density at radius 2 is 1.72 bits per heavy atom. The normalized spacial score (nSPS) is 10.3. The molecule has 0 aliphatic heterocycles. The lowest BCUT2D eigenvalue weighted by atomic mass is 10.0. The molecular weight excluding hydrogens is 226 g/mol. The fourth-order valence-electron chi connectivity index (χ4n) is 1.89. The van der Waals surface area contributed by atoms with Crippen LogP contribution in [0.25, 0.3) is 11.1 Å². The average molecular weight is 243 g/mol. The van der Waals surface area contributed by atoms with Gasteiger partial charge in [-0.3, -0.25) is 0 Å².